The van der Waals surface area contributed by atoms with Crippen LogP contribution < -0.4 is 0 Å². The summed E-state index contributed by atoms with van der Waals surface area (Å²) in [5.74, 6) is -4.66. The highest BCUT2D eigenvalue weighted by atomic mass is 28.3. The maximum absolute atomic E-state index is 14.7. The van der Waals surface area contributed by atoms with Crippen LogP contribution in [0.2, 0.25) is 18.1 Å². The molecular formula is C22H24F3NOSi. The van der Waals surface area contributed by atoms with Gasteiger partial charge in [-0.15, -0.1) is 0 Å². The molecule has 148 valence electrons. The molecule has 2 aromatic carbocycles. The molecule has 2 atom stereocenters. The third-order valence-corrected chi connectivity index (χ3v) is 11.1. The number of nitriles is 1. The van der Waals surface area contributed by atoms with Crippen LogP contribution >= 0.6 is 0 Å². The van der Waals surface area contributed by atoms with Crippen LogP contribution in [0.4, 0.5) is 13.2 Å². The van der Waals surface area contributed by atoms with E-state index in [1.54, 1.807) is 0 Å². The number of carbonyl (C=O) groups excluding carboxylic acids is 1. The normalized spacial score (nSPS) is 14.2. The van der Waals surface area contributed by atoms with Crippen molar-refractivity contribution in [1.82, 2.24) is 0 Å². The molecule has 2 aromatic rings. The van der Waals surface area contributed by atoms with Crippen molar-refractivity contribution >= 4 is 13.5 Å². The second kappa shape index (κ2) is 7.92. The SMILES string of the molecule is CC(C)(C)[Si](C)(C)C(=O)C(c1c(F)cccc1F)C(C#N)c1ccc(F)cc1. The van der Waals surface area contributed by atoms with Gasteiger partial charge in [-0.05, 0) is 34.9 Å². The Morgan fingerprint density at radius 1 is 1.00 bits per heavy atom. The Bertz CT molecular complexity index is 891. The molecule has 0 radical (unpaired) electrons. The summed E-state index contributed by atoms with van der Waals surface area (Å²) in [6.45, 7) is 9.46. The van der Waals surface area contributed by atoms with Gasteiger partial charge in [0.15, 0.2) is 0 Å². The molecule has 28 heavy (non-hydrogen) atoms. The smallest absolute Gasteiger partial charge is 0.133 e. The first-order chi connectivity index (χ1) is 12.9. The van der Waals surface area contributed by atoms with Crippen LogP contribution in [-0.2, 0) is 4.79 Å². The summed E-state index contributed by atoms with van der Waals surface area (Å²) in [7, 11) is -2.72. The van der Waals surface area contributed by atoms with Gasteiger partial charge in [0.1, 0.15) is 30.9 Å². The quantitative estimate of drug-likeness (QED) is 0.565. The zero-order valence-corrected chi connectivity index (χ0v) is 17.7. The number of halogens is 3. The Morgan fingerprint density at radius 3 is 1.93 bits per heavy atom. The molecule has 0 aliphatic heterocycles. The lowest BCUT2D eigenvalue weighted by molar-refractivity contribution is -0.114. The molecule has 0 fully saturated rings. The largest absolute Gasteiger partial charge is 0.305 e. The minimum atomic E-state index is -2.72. The molecule has 0 amide bonds. The molecule has 0 saturated carbocycles. The fourth-order valence-electron chi connectivity index (χ4n) is 3.03. The highest BCUT2D eigenvalue weighted by Crippen LogP contribution is 2.44. The van der Waals surface area contributed by atoms with Gasteiger partial charge in [0.05, 0.1) is 17.9 Å². The predicted molar refractivity (Wildman–Crippen MR) is 106 cm³/mol. The van der Waals surface area contributed by atoms with Crippen LogP contribution in [0.1, 0.15) is 43.7 Å². The van der Waals surface area contributed by atoms with Crippen molar-refractivity contribution in [2.75, 3.05) is 0 Å². The maximum atomic E-state index is 14.7. The van der Waals surface area contributed by atoms with Gasteiger partial charge >= 0.3 is 0 Å². The molecule has 0 aromatic heterocycles. The van der Waals surface area contributed by atoms with E-state index < -0.39 is 42.9 Å². The second-order valence-corrected chi connectivity index (χ2v) is 13.8. The zero-order chi connectivity index (χ0) is 21.3. The van der Waals surface area contributed by atoms with E-state index in [9.17, 15) is 23.2 Å². The number of carbonyl (C=O) groups is 1. The topological polar surface area (TPSA) is 40.9 Å². The monoisotopic (exact) mass is 403 g/mol. The molecule has 0 saturated heterocycles. The minimum Gasteiger partial charge on any atom is -0.305 e. The third kappa shape index (κ3) is 4.05. The zero-order valence-electron chi connectivity index (χ0n) is 16.7. The van der Waals surface area contributed by atoms with E-state index >= 15 is 0 Å². The Hall–Kier alpha value is -2.39. The molecule has 0 spiro atoms. The van der Waals surface area contributed by atoms with Gasteiger partial charge in [0, 0.05) is 5.56 Å². The molecule has 2 rings (SSSR count). The summed E-state index contributed by atoms with van der Waals surface area (Å²) >= 11 is 0. The predicted octanol–water partition coefficient (Wildman–Crippen LogP) is 6.11. The van der Waals surface area contributed by atoms with E-state index in [1.807, 2.05) is 39.9 Å². The van der Waals surface area contributed by atoms with Gasteiger partial charge in [-0.2, -0.15) is 5.26 Å². The average molecular weight is 404 g/mol. The standard InChI is InChI=1S/C22H24F3NOSi/c1-22(2,3)28(4,5)21(27)19(20-17(24)7-6-8-18(20)25)16(13-26)14-9-11-15(23)12-10-14/h6-12,16,19H,1-5H3. The molecule has 2 unspecified atom stereocenters. The molecule has 0 aliphatic carbocycles. The van der Waals surface area contributed by atoms with Gasteiger partial charge in [-0.1, -0.05) is 52.1 Å². The lowest BCUT2D eigenvalue weighted by atomic mass is 9.82. The van der Waals surface area contributed by atoms with Crippen LogP contribution in [0.25, 0.3) is 0 Å². The minimum absolute atomic E-state index is 0.306. The Balaban J connectivity index is 2.74. The van der Waals surface area contributed by atoms with E-state index in [0.29, 0.717) is 5.56 Å². The van der Waals surface area contributed by atoms with Crippen LogP contribution in [0.3, 0.4) is 0 Å². The average Bonchev–Trinajstić information content (AvgIpc) is 2.60. The molecule has 6 heteroatoms. The van der Waals surface area contributed by atoms with Crippen molar-refractivity contribution in [2.45, 2.75) is 50.7 Å². The van der Waals surface area contributed by atoms with E-state index in [4.69, 9.17) is 0 Å². The summed E-state index contributed by atoms with van der Waals surface area (Å²) in [5.41, 5.74) is -0.0446. The lowest BCUT2D eigenvalue weighted by Crippen LogP contribution is -2.50. The lowest BCUT2D eigenvalue weighted by Gasteiger charge is -2.39. The fourth-order valence-corrected chi connectivity index (χ4v) is 4.85. The first kappa shape index (κ1) is 21.9. The van der Waals surface area contributed by atoms with Crippen LogP contribution in [0.15, 0.2) is 42.5 Å². The fraction of sp³-hybridized carbons (Fsp3) is 0.364. The summed E-state index contributed by atoms with van der Waals surface area (Å²) in [6.07, 6.45) is 0. The summed E-state index contributed by atoms with van der Waals surface area (Å²) in [6, 6.07) is 10.5. The van der Waals surface area contributed by atoms with Crippen molar-refractivity contribution in [3.05, 3.63) is 71.0 Å². The van der Waals surface area contributed by atoms with Gasteiger partial charge < -0.3 is 4.79 Å². The van der Waals surface area contributed by atoms with E-state index in [-0.39, 0.29) is 10.4 Å². The molecule has 0 aliphatic rings. The van der Waals surface area contributed by atoms with Crippen molar-refractivity contribution in [2.24, 2.45) is 0 Å². The highest BCUT2D eigenvalue weighted by molar-refractivity contribution is 7.06. The van der Waals surface area contributed by atoms with E-state index in [2.05, 4.69) is 0 Å². The van der Waals surface area contributed by atoms with Crippen LogP contribution in [0.5, 0.6) is 0 Å². The van der Waals surface area contributed by atoms with E-state index in [0.717, 1.165) is 12.1 Å². The van der Waals surface area contributed by atoms with Crippen molar-refractivity contribution in [1.29, 1.82) is 5.26 Å². The van der Waals surface area contributed by atoms with Crippen molar-refractivity contribution in [3.8, 4) is 6.07 Å². The van der Waals surface area contributed by atoms with Gasteiger partial charge in [0.2, 0.25) is 0 Å². The summed E-state index contributed by atoms with van der Waals surface area (Å²) in [5, 5.41) is 9.17. The highest BCUT2D eigenvalue weighted by Gasteiger charge is 2.49. The summed E-state index contributed by atoms with van der Waals surface area (Å²) in [4.78, 5) is 13.7. The number of nitrogens with zero attached hydrogens (tertiary/aromatic N) is 1. The second-order valence-electron chi connectivity index (χ2n) is 8.51. The summed E-state index contributed by atoms with van der Waals surface area (Å²) < 4.78 is 42.7. The third-order valence-electron chi connectivity index (χ3n) is 5.79. The molecule has 2 nitrogen and oxygen atoms in total. The maximum Gasteiger partial charge on any atom is 0.133 e. The van der Waals surface area contributed by atoms with Gasteiger partial charge in [-0.25, -0.2) is 13.2 Å². The van der Waals surface area contributed by atoms with Crippen molar-refractivity contribution in [3.63, 3.8) is 0 Å². The Kier molecular flexibility index (Phi) is 6.20. The van der Waals surface area contributed by atoms with Crippen molar-refractivity contribution < 1.29 is 18.0 Å². The van der Waals surface area contributed by atoms with E-state index in [1.165, 1.54) is 30.3 Å². The molecule has 0 bridgehead atoms. The molecular weight excluding hydrogens is 379 g/mol. The Labute approximate surface area is 165 Å². The van der Waals surface area contributed by atoms with Crippen LogP contribution in [0, 0.1) is 28.8 Å². The first-order valence-electron chi connectivity index (χ1n) is 9.05. The van der Waals surface area contributed by atoms with Gasteiger partial charge in [0.25, 0.3) is 0 Å². The number of benzene rings is 2. The molecule has 0 heterocycles. The number of hydrogen-bond donors (Lipinski definition) is 0. The Morgan fingerprint density at radius 2 is 1.50 bits per heavy atom. The first-order valence-corrected chi connectivity index (χ1v) is 12.0. The number of rotatable bonds is 5. The van der Waals surface area contributed by atoms with Gasteiger partial charge in [-0.3, -0.25) is 0 Å². The number of hydrogen-bond acceptors (Lipinski definition) is 2. The molecule has 0 N–H and O–H groups in total. The van der Waals surface area contributed by atoms with Crippen LogP contribution in [-0.4, -0.2) is 13.5 Å².